The Morgan fingerprint density at radius 1 is 1.00 bits per heavy atom. The van der Waals surface area contributed by atoms with E-state index >= 15 is 0 Å². The number of sulfonamides is 1. The first-order valence-electron chi connectivity index (χ1n) is 6.13. The van der Waals surface area contributed by atoms with Gasteiger partial charge in [0.15, 0.2) is 11.6 Å². The molecule has 2 N–H and O–H groups in total. The van der Waals surface area contributed by atoms with Gasteiger partial charge in [-0.05, 0) is 37.3 Å². The quantitative estimate of drug-likeness (QED) is 0.843. The minimum atomic E-state index is -4.20. The maximum Gasteiger partial charge on any atom is 0.266 e. The van der Waals surface area contributed by atoms with Crippen molar-refractivity contribution < 1.29 is 22.0 Å². The predicted octanol–water partition coefficient (Wildman–Crippen LogP) is 1.90. The van der Waals surface area contributed by atoms with Gasteiger partial charge < -0.3 is 0 Å². The van der Waals surface area contributed by atoms with Crippen LogP contribution in [0, 0.1) is 18.6 Å². The Labute approximate surface area is 126 Å². The van der Waals surface area contributed by atoms with Gasteiger partial charge in [0.1, 0.15) is 0 Å². The van der Waals surface area contributed by atoms with Gasteiger partial charge in [0.2, 0.25) is 0 Å². The van der Waals surface area contributed by atoms with Gasteiger partial charge in [0.25, 0.3) is 15.9 Å². The highest BCUT2D eigenvalue weighted by molar-refractivity contribution is 7.89. The molecule has 5 nitrogen and oxygen atoms in total. The monoisotopic (exact) mass is 326 g/mol. The Morgan fingerprint density at radius 2 is 1.64 bits per heavy atom. The number of carbonyl (C=O) groups excluding carboxylic acids is 1. The number of hydrogen-bond donors (Lipinski definition) is 2. The Hall–Kier alpha value is -2.32. The summed E-state index contributed by atoms with van der Waals surface area (Å²) in [4.78, 5) is 13.1. The lowest BCUT2D eigenvalue weighted by molar-refractivity contribution is 0.0945. The van der Waals surface area contributed by atoms with Crippen LogP contribution in [0.2, 0.25) is 0 Å². The number of rotatable bonds is 4. The second-order valence-corrected chi connectivity index (χ2v) is 6.18. The molecule has 0 radical (unpaired) electrons. The Morgan fingerprint density at radius 3 is 2.23 bits per heavy atom. The van der Waals surface area contributed by atoms with Crippen molar-refractivity contribution in [3.05, 3.63) is 65.2 Å². The minimum Gasteiger partial charge on any atom is -0.273 e. The van der Waals surface area contributed by atoms with Crippen LogP contribution in [0.15, 0.2) is 47.4 Å². The molecule has 0 aromatic heterocycles. The molecule has 0 saturated heterocycles. The molecular weight excluding hydrogens is 314 g/mol. The fourth-order valence-corrected chi connectivity index (χ4v) is 2.44. The summed E-state index contributed by atoms with van der Waals surface area (Å²) >= 11 is 0. The number of hydrazine groups is 1. The molecule has 2 aromatic rings. The van der Waals surface area contributed by atoms with Crippen LogP contribution in [-0.4, -0.2) is 14.3 Å². The van der Waals surface area contributed by atoms with Crippen molar-refractivity contribution in [3.63, 3.8) is 0 Å². The van der Waals surface area contributed by atoms with Gasteiger partial charge in [-0.2, -0.15) is 0 Å². The third-order valence-corrected chi connectivity index (χ3v) is 4.06. The average Bonchev–Trinajstić information content (AvgIpc) is 2.48. The first-order chi connectivity index (χ1) is 10.3. The lowest BCUT2D eigenvalue weighted by atomic mass is 10.1. The standard InChI is InChI=1S/C14H12F2N2O3S/c1-9-2-4-10(5-3-9)14(19)17-18-22(20,21)11-6-7-12(15)13(16)8-11/h2-8,18H,1H3,(H,17,19). The third-order valence-electron chi connectivity index (χ3n) is 2.81. The van der Waals surface area contributed by atoms with E-state index in [0.29, 0.717) is 12.1 Å². The molecule has 8 heteroatoms. The maximum atomic E-state index is 13.1. The molecule has 0 atom stereocenters. The first-order valence-corrected chi connectivity index (χ1v) is 7.62. The molecular formula is C14H12F2N2O3S. The summed E-state index contributed by atoms with van der Waals surface area (Å²) in [5.74, 6) is -3.14. The number of amides is 1. The number of carbonyl (C=O) groups is 1. The lowest BCUT2D eigenvalue weighted by Crippen LogP contribution is -2.41. The van der Waals surface area contributed by atoms with E-state index in [2.05, 4.69) is 0 Å². The van der Waals surface area contributed by atoms with Crippen LogP contribution < -0.4 is 10.3 Å². The molecule has 2 rings (SSSR count). The molecule has 0 spiro atoms. The molecule has 0 aliphatic carbocycles. The fraction of sp³-hybridized carbons (Fsp3) is 0.0714. The van der Waals surface area contributed by atoms with Crippen LogP contribution in [-0.2, 0) is 10.0 Å². The molecule has 0 saturated carbocycles. The summed E-state index contributed by atoms with van der Waals surface area (Å²) in [6.45, 7) is 1.84. The van der Waals surface area contributed by atoms with Crippen LogP contribution in [0.3, 0.4) is 0 Å². The molecule has 1 amide bonds. The van der Waals surface area contributed by atoms with Crippen LogP contribution >= 0.6 is 0 Å². The zero-order chi connectivity index (χ0) is 16.3. The number of halogens is 2. The minimum absolute atomic E-state index is 0.249. The molecule has 116 valence electrons. The topological polar surface area (TPSA) is 75.3 Å². The van der Waals surface area contributed by atoms with Crippen molar-refractivity contribution in [1.82, 2.24) is 10.3 Å². The van der Waals surface area contributed by atoms with Crippen molar-refractivity contribution in [3.8, 4) is 0 Å². The summed E-state index contributed by atoms with van der Waals surface area (Å²) in [7, 11) is -4.20. The molecule has 0 aliphatic rings. The van der Waals surface area contributed by atoms with Gasteiger partial charge in [-0.25, -0.2) is 17.2 Å². The summed E-state index contributed by atoms with van der Waals surface area (Å²) in [6, 6.07) is 8.53. The fourth-order valence-electron chi connectivity index (χ4n) is 1.59. The average molecular weight is 326 g/mol. The Bertz CT molecular complexity index is 805. The van der Waals surface area contributed by atoms with Crippen molar-refractivity contribution in [2.24, 2.45) is 0 Å². The van der Waals surface area contributed by atoms with E-state index in [0.717, 1.165) is 11.6 Å². The van der Waals surface area contributed by atoms with E-state index in [1.54, 1.807) is 12.1 Å². The molecule has 22 heavy (non-hydrogen) atoms. The summed E-state index contributed by atoms with van der Waals surface area (Å²) < 4.78 is 49.6. The van der Waals surface area contributed by atoms with E-state index in [1.807, 2.05) is 17.2 Å². The second-order valence-electron chi connectivity index (χ2n) is 4.50. The van der Waals surface area contributed by atoms with Crippen molar-refractivity contribution in [1.29, 1.82) is 0 Å². The van der Waals surface area contributed by atoms with Gasteiger partial charge >= 0.3 is 0 Å². The van der Waals surface area contributed by atoms with Crippen molar-refractivity contribution >= 4 is 15.9 Å². The van der Waals surface area contributed by atoms with Gasteiger partial charge in [-0.3, -0.25) is 10.2 Å². The zero-order valence-corrected chi connectivity index (χ0v) is 12.2. The second kappa shape index (κ2) is 6.20. The molecule has 0 fully saturated rings. The van der Waals surface area contributed by atoms with Crippen LogP contribution in [0.4, 0.5) is 8.78 Å². The predicted molar refractivity (Wildman–Crippen MR) is 75.3 cm³/mol. The number of hydrogen-bond acceptors (Lipinski definition) is 3. The lowest BCUT2D eigenvalue weighted by Gasteiger charge is -2.09. The normalized spacial score (nSPS) is 11.2. The molecule has 0 unspecified atom stereocenters. The first kappa shape index (κ1) is 16.1. The Balaban J connectivity index is 2.10. The summed E-state index contributed by atoms with van der Waals surface area (Å²) in [6.07, 6.45) is 0. The summed E-state index contributed by atoms with van der Waals surface area (Å²) in [5.41, 5.74) is 3.19. The highest BCUT2D eigenvalue weighted by Crippen LogP contribution is 2.13. The largest absolute Gasteiger partial charge is 0.273 e. The highest BCUT2D eigenvalue weighted by atomic mass is 32.2. The van der Waals surface area contributed by atoms with Crippen LogP contribution in [0.1, 0.15) is 15.9 Å². The number of benzene rings is 2. The Kier molecular flexibility index (Phi) is 4.53. The van der Waals surface area contributed by atoms with Crippen LogP contribution in [0.5, 0.6) is 0 Å². The number of nitrogens with one attached hydrogen (secondary N) is 2. The zero-order valence-electron chi connectivity index (χ0n) is 11.4. The van der Waals surface area contributed by atoms with Crippen LogP contribution in [0.25, 0.3) is 0 Å². The molecule has 2 aromatic carbocycles. The van der Waals surface area contributed by atoms with Crippen molar-refractivity contribution in [2.75, 3.05) is 0 Å². The smallest absolute Gasteiger partial charge is 0.266 e. The summed E-state index contributed by atoms with van der Waals surface area (Å²) in [5, 5.41) is 0. The van der Waals surface area contributed by atoms with E-state index in [-0.39, 0.29) is 5.56 Å². The highest BCUT2D eigenvalue weighted by Gasteiger charge is 2.17. The molecule has 0 aliphatic heterocycles. The van der Waals surface area contributed by atoms with E-state index in [4.69, 9.17) is 0 Å². The van der Waals surface area contributed by atoms with Crippen molar-refractivity contribution in [2.45, 2.75) is 11.8 Å². The van der Waals surface area contributed by atoms with Gasteiger partial charge in [-0.1, -0.05) is 17.7 Å². The maximum absolute atomic E-state index is 13.1. The third kappa shape index (κ3) is 3.66. The molecule has 0 heterocycles. The van der Waals surface area contributed by atoms with E-state index in [1.165, 1.54) is 12.1 Å². The van der Waals surface area contributed by atoms with Gasteiger partial charge in [0, 0.05) is 5.56 Å². The number of aryl methyl sites for hydroxylation is 1. The molecule has 0 bridgehead atoms. The van der Waals surface area contributed by atoms with Gasteiger partial charge in [0.05, 0.1) is 4.90 Å². The van der Waals surface area contributed by atoms with E-state index < -0.39 is 32.5 Å². The van der Waals surface area contributed by atoms with Gasteiger partial charge in [-0.15, -0.1) is 4.83 Å². The SMILES string of the molecule is Cc1ccc(C(=O)NNS(=O)(=O)c2ccc(F)c(F)c2)cc1. The van der Waals surface area contributed by atoms with E-state index in [9.17, 15) is 22.0 Å².